The van der Waals surface area contributed by atoms with Crippen molar-refractivity contribution in [3.8, 4) is 5.75 Å². The van der Waals surface area contributed by atoms with Gasteiger partial charge in [-0.25, -0.2) is 0 Å². The van der Waals surface area contributed by atoms with Gasteiger partial charge in [0.15, 0.2) is 0 Å². The summed E-state index contributed by atoms with van der Waals surface area (Å²) >= 11 is 7.60. The number of rotatable bonds is 13. The van der Waals surface area contributed by atoms with Crippen molar-refractivity contribution in [1.82, 2.24) is 34.5 Å². The number of alkyl halides is 8. The van der Waals surface area contributed by atoms with Gasteiger partial charge < -0.3 is 19.8 Å². The van der Waals surface area contributed by atoms with Crippen molar-refractivity contribution in [2.45, 2.75) is 129 Å². The fraction of sp³-hybridized carbons (Fsp3) is 0.547. The van der Waals surface area contributed by atoms with Crippen molar-refractivity contribution >= 4 is 46.0 Å². The van der Waals surface area contributed by atoms with Gasteiger partial charge in [-0.15, -0.1) is 11.6 Å². The number of halogens is 8. The minimum atomic E-state index is -4.47. The van der Waals surface area contributed by atoms with Gasteiger partial charge in [0.2, 0.25) is 0 Å². The Morgan fingerprint density at radius 2 is 1.14 bits per heavy atom. The molecule has 0 aliphatic carbocycles. The number of benzene rings is 2. The maximum Gasteiger partial charge on any atom is 0.417 e. The van der Waals surface area contributed by atoms with Crippen molar-refractivity contribution in [2.75, 3.05) is 57.1 Å². The number of pyridine rings is 2. The van der Waals surface area contributed by atoms with Crippen molar-refractivity contribution < 1.29 is 41.0 Å². The molecule has 6 heterocycles. The first-order chi connectivity index (χ1) is 33.5. The van der Waals surface area contributed by atoms with E-state index in [4.69, 9.17) is 11.6 Å². The van der Waals surface area contributed by atoms with Gasteiger partial charge in [-0.3, -0.25) is 29.4 Å². The SMILES string of the molecule is Cc1c(CCCCN(C)C)ccc([C@H](C)N2C[C@@H]3C[C@H]2CN3C(=O)c2ccc(C(F)(F)F)cn2)c1C.Cc1c(O)ccc([C@H](C)N2C[C@@H]3C[C@H]2CN3C(=O)c2ccc(C(F)(F)F)cn2)c1C.ClCCCI. The molecule has 4 aliphatic rings. The Bertz CT molecular complexity index is 2460. The van der Waals surface area contributed by atoms with Crippen LogP contribution in [0.15, 0.2) is 60.9 Å². The summed E-state index contributed by atoms with van der Waals surface area (Å²) in [6.07, 6.45) is -1.13. The number of hydrogen-bond acceptors (Lipinski definition) is 8. The molecule has 2 aromatic carbocycles. The first-order valence-corrected chi connectivity index (χ1v) is 26.4. The summed E-state index contributed by atoms with van der Waals surface area (Å²) < 4.78 is 77.8. The lowest BCUT2D eigenvalue weighted by molar-refractivity contribution is -0.138. The number of hydrogen-bond donors (Lipinski definition) is 1. The lowest BCUT2D eigenvalue weighted by Crippen LogP contribution is -2.49. The summed E-state index contributed by atoms with van der Waals surface area (Å²) in [5.74, 6) is 0.490. The number of phenols is 1. The van der Waals surface area contributed by atoms with E-state index in [1.165, 1.54) is 45.6 Å². The van der Waals surface area contributed by atoms with E-state index in [1.807, 2.05) is 19.9 Å². The predicted molar refractivity (Wildman–Crippen MR) is 274 cm³/mol. The van der Waals surface area contributed by atoms with Crippen LogP contribution in [0.2, 0.25) is 0 Å². The second-order valence-corrected chi connectivity index (χ2v) is 21.0. The topological polar surface area (TPSA) is 96.4 Å². The highest BCUT2D eigenvalue weighted by Gasteiger charge is 2.49. The molecule has 1 N–H and O–H groups in total. The normalized spacial score (nSPS) is 20.7. The molecular formula is C53H67ClF6IN7O3. The minimum absolute atomic E-state index is 0.0209. The predicted octanol–water partition coefficient (Wildman–Crippen LogP) is 11.4. The highest BCUT2D eigenvalue weighted by molar-refractivity contribution is 14.1. The van der Waals surface area contributed by atoms with Crippen LogP contribution in [0.3, 0.4) is 0 Å². The highest BCUT2D eigenvalue weighted by Crippen LogP contribution is 2.41. The zero-order chi connectivity index (χ0) is 52.1. The van der Waals surface area contributed by atoms with E-state index < -0.39 is 23.5 Å². The fourth-order valence-electron chi connectivity index (χ4n) is 10.6. The van der Waals surface area contributed by atoms with Crippen molar-refractivity contribution in [3.63, 3.8) is 0 Å². The number of piperazine rings is 2. The number of fused-ring (bicyclic) bond motifs is 4. The van der Waals surface area contributed by atoms with Crippen molar-refractivity contribution in [1.29, 1.82) is 0 Å². The number of aromatic hydroxyl groups is 1. The second kappa shape index (κ2) is 23.9. The molecule has 0 spiro atoms. The first kappa shape index (κ1) is 56.3. The lowest BCUT2D eigenvalue weighted by atomic mass is 9.91. The Morgan fingerprint density at radius 3 is 1.51 bits per heavy atom. The zero-order valence-corrected chi connectivity index (χ0v) is 44.8. The zero-order valence-electron chi connectivity index (χ0n) is 41.8. The van der Waals surface area contributed by atoms with Crippen molar-refractivity contribution in [3.05, 3.63) is 122 Å². The van der Waals surface area contributed by atoms with Crippen LogP contribution in [0.1, 0.15) is 129 Å². The number of aromatic nitrogens is 2. The van der Waals surface area contributed by atoms with Crippen LogP contribution in [-0.2, 0) is 18.8 Å². The summed E-state index contributed by atoms with van der Waals surface area (Å²) in [5.41, 5.74) is 6.97. The third-order valence-corrected chi connectivity index (χ3v) is 15.9. The molecule has 2 aromatic heterocycles. The number of unbranched alkanes of at least 4 members (excludes halogenated alkanes) is 1. The third-order valence-electron chi connectivity index (χ3n) is 14.9. The van der Waals surface area contributed by atoms with Gasteiger partial charge in [-0.2, -0.15) is 26.3 Å². The van der Waals surface area contributed by atoms with Crippen LogP contribution in [0.5, 0.6) is 5.75 Å². The maximum atomic E-state index is 13.0. The third kappa shape index (κ3) is 13.2. The number of likely N-dealkylation sites (tertiary alicyclic amines) is 4. The van der Waals surface area contributed by atoms with Gasteiger partial charge in [-0.05, 0) is 170 Å². The van der Waals surface area contributed by atoms with Crippen molar-refractivity contribution in [2.24, 2.45) is 0 Å². The quantitative estimate of drug-likeness (QED) is 0.0612. The Labute approximate surface area is 433 Å². The summed E-state index contributed by atoms with van der Waals surface area (Å²) in [6.45, 7) is 16.4. The molecule has 2 amide bonds. The van der Waals surface area contributed by atoms with Crippen LogP contribution in [0, 0.1) is 27.7 Å². The van der Waals surface area contributed by atoms with Crippen LogP contribution < -0.4 is 0 Å². The molecule has 18 heteroatoms. The summed E-state index contributed by atoms with van der Waals surface area (Å²) in [6, 6.07) is 13.3. The van der Waals surface area contributed by atoms with Crippen LogP contribution >= 0.6 is 34.2 Å². The van der Waals surface area contributed by atoms with E-state index in [-0.39, 0.29) is 65.2 Å². The van der Waals surface area contributed by atoms with E-state index in [9.17, 15) is 41.0 Å². The molecular weight excluding hydrogens is 1060 g/mol. The Morgan fingerprint density at radius 1 is 0.676 bits per heavy atom. The monoisotopic (exact) mass is 1130 g/mol. The number of carbonyl (C=O) groups excluding carboxylic acids is 2. The number of aryl methyl sites for hydroxylation is 1. The molecule has 0 radical (unpaired) electrons. The summed E-state index contributed by atoms with van der Waals surface area (Å²) in [7, 11) is 4.22. The molecule has 10 nitrogen and oxygen atoms in total. The molecule has 4 bridgehead atoms. The van der Waals surface area contributed by atoms with E-state index in [0.29, 0.717) is 25.8 Å². The van der Waals surface area contributed by atoms with Gasteiger partial charge in [0, 0.05) is 85.1 Å². The van der Waals surface area contributed by atoms with Crippen LogP contribution in [0.4, 0.5) is 26.3 Å². The fourth-order valence-corrected chi connectivity index (χ4v) is 11.5. The second-order valence-electron chi connectivity index (χ2n) is 19.6. The summed E-state index contributed by atoms with van der Waals surface area (Å²) in [4.78, 5) is 44.0. The first-order valence-electron chi connectivity index (χ1n) is 24.3. The van der Waals surface area contributed by atoms with Gasteiger partial charge in [0.1, 0.15) is 17.1 Å². The molecule has 4 fully saturated rings. The molecule has 8 rings (SSSR count). The molecule has 6 atom stereocenters. The Hall–Kier alpha value is -4.04. The minimum Gasteiger partial charge on any atom is -0.508 e. The van der Waals surface area contributed by atoms with E-state index in [2.05, 4.69) is 101 Å². The van der Waals surface area contributed by atoms with E-state index in [1.54, 1.807) is 15.9 Å². The lowest BCUT2D eigenvalue weighted by Gasteiger charge is -2.38. The molecule has 71 heavy (non-hydrogen) atoms. The molecule has 0 saturated carbocycles. The smallest absolute Gasteiger partial charge is 0.417 e. The molecule has 4 aliphatic heterocycles. The van der Waals surface area contributed by atoms with Gasteiger partial charge in [0.25, 0.3) is 11.8 Å². The van der Waals surface area contributed by atoms with Gasteiger partial charge in [0.05, 0.1) is 11.1 Å². The Balaban J connectivity index is 0.000000215. The standard InChI is InChI=1S/C28H37F3N4O.C22H24F3N3O2.C3H6ClI/c1-18-19(2)25(11-9-21(18)8-6-7-13-33(4)5)20(3)34-16-24-14-23(34)17-35(24)27(36)26-12-10-22(15-32-26)28(29,30)31;1-12-13(2)20(29)7-5-18(12)14(3)27-10-17-8-16(27)11-28(17)21(30)19-6-4-15(9-26-19)22(23,24)25;4-2-1-3-5/h9-12,15,20,23-24H,6-8,13-14,16-17H2,1-5H3;4-7,9,14,16-17,29H,8,10-11H2,1-3H3;1-3H2/t20-,23-,24-;14-,16-,17-;/m00./s1. The molecule has 4 aromatic rings. The van der Waals surface area contributed by atoms with Crippen LogP contribution in [-0.4, -0.2) is 133 Å². The maximum absolute atomic E-state index is 13.0. The molecule has 388 valence electrons. The van der Waals surface area contributed by atoms with E-state index >= 15 is 0 Å². The van der Waals surface area contributed by atoms with Gasteiger partial charge >= 0.3 is 12.4 Å². The number of phenolic OH excluding ortho intramolecular Hbond substituents is 1. The number of nitrogens with zero attached hydrogens (tertiary/aromatic N) is 7. The average molecular weight is 1130 g/mol. The highest BCUT2D eigenvalue weighted by atomic mass is 127. The summed E-state index contributed by atoms with van der Waals surface area (Å²) in [5, 5.41) is 9.92. The Kier molecular flexibility index (Phi) is 18.9. The molecule has 4 saturated heterocycles. The van der Waals surface area contributed by atoms with Crippen LogP contribution in [0.25, 0.3) is 0 Å². The largest absolute Gasteiger partial charge is 0.508 e. The molecule has 0 unspecified atom stereocenters. The number of amides is 2. The van der Waals surface area contributed by atoms with E-state index in [0.717, 1.165) is 85.7 Å². The van der Waals surface area contributed by atoms with Gasteiger partial charge in [-0.1, -0.05) is 40.8 Å². The average Bonchev–Trinajstić information content (AvgIpc) is 4.16. The number of carbonyl (C=O) groups is 2.